The Bertz CT molecular complexity index is 562. The van der Waals surface area contributed by atoms with E-state index in [2.05, 4.69) is 0 Å². The number of nitrogens with zero attached hydrogens (tertiary/aromatic N) is 2. The molecule has 2 amide bonds. The Kier molecular flexibility index (Phi) is 4.41. The summed E-state index contributed by atoms with van der Waals surface area (Å²) in [6.07, 6.45) is 4.27. The molecule has 118 valence electrons. The lowest BCUT2D eigenvalue weighted by Gasteiger charge is -2.36. The highest BCUT2D eigenvalue weighted by molar-refractivity contribution is 5.94. The Morgan fingerprint density at radius 1 is 0.955 bits per heavy atom. The van der Waals surface area contributed by atoms with Crippen LogP contribution in [0.3, 0.4) is 0 Å². The fourth-order valence-corrected chi connectivity index (χ4v) is 3.37. The van der Waals surface area contributed by atoms with Gasteiger partial charge in [-0.2, -0.15) is 0 Å². The number of hydrogen-bond acceptors (Lipinski definition) is 2. The van der Waals surface area contributed by atoms with E-state index in [-0.39, 0.29) is 23.3 Å². The summed E-state index contributed by atoms with van der Waals surface area (Å²) in [6.45, 7) is 2.06. The van der Waals surface area contributed by atoms with Crippen LogP contribution in [0.2, 0.25) is 0 Å². The lowest BCUT2D eigenvalue weighted by atomic mass is 10.1. The minimum Gasteiger partial charge on any atom is -0.339 e. The van der Waals surface area contributed by atoms with Crippen molar-refractivity contribution in [2.24, 2.45) is 5.92 Å². The highest BCUT2D eigenvalue weighted by Crippen LogP contribution is 2.27. The minimum atomic E-state index is -0.489. The van der Waals surface area contributed by atoms with Gasteiger partial charge < -0.3 is 9.80 Å². The second-order valence-electron chi connectivity index (χ2n) is 6.08. The van der Waals surface area contributed by atoms with Crippen molar-refractivity contribution in [3.8, 4) is 0 Å². The first-order valence-electron chi connectivity index (χ1n) is 7.99. The largest absolute Gasteiger partial charge is 0.339 e. The second-order valence-corrected chi connectivity index (χ2v) is 6.08. The van der Waals surface area contributed by atoms with E-state index in [0.717, 1.165) is 25.7 Å². The van der Waals surface area contributed by atoms with Crippen LogP contribution in [-0.4, -0.2) is 47.8 Å². The van der Waals surface area contributed by atoms with Crippen molar-refractivity contribution in [2.45, 2.75) is 25.7 Å². The maximum absolute atomic E-state index is 13.7. The molecule has 22 heavy (non-hydrogen) atoms. The third-order valence-corrected chi connectivity index (χ3v) is 4.69. The zero-order chi connectivity index (χ0) is 15.5. The smallest absolute Gasteiger partial charge is 0.256 e. The number of amides is 2. The molecule has 0 unspecified atom stereocenters. The van der Waals surface area contributed by atoms with Gasteiger partial charge in [0.05, 0.1) is 5.56 Å². The van der Waals surface area contributed by atoms with Crippen molar-refractivity contribution >= 4 is 11.8 Å². The highest BCUT2D eigenvalue weighted by atomic mass is 19.1. The van der Waals surface area contributed by atoms with E-state index in [1.54, 1.807) is 17.0 Å². The molecule has 1 aliphatic carbocycles. The molecule has 5 heteroatoms. The van der Waals surface area contributed by atoms with E-state index in [0.29, 0.717) is 26.2 Å². The van der Waals surface area contributed by atoms with Gasteiger partial charge in [-0.25, -0.2) is 4.39 Å². The average molecular weight is 304 g/mol. The summed E-state index contributed by atoms with van der Waals surface area (Å²) in [4.78, 5) is 28.2. The number of rotatable bonds is 2. The first-order valence-corrected chi connectivity index (χ1v) is 7.99. The van der Waals surface area contributed by atoms with Gasteiger partial charge in [-0.15, -0.1) is 0 Å². The van der Waals surface area contributed by atoms with E-state index >= 15 is 0 Å². The molecule has 0 N–H and O–H groups in total. The molecule has 1 aromatic rings. The molecule has 1 aromatic carbocycles. The molecule has 0 spiro atoms. The van der Waals surface area contributed by atoms with Gasteiger partial charge in [0.25, 0.3) is 5.91 Å². The van der Waals surface area contributed by atoms with Gasteiger partial charge >= 0.3 is 0 Å². The van der Waals surface area contributed by atoms with Gasteiger partial charge in [-0.1, -0.05) is 25.0 Å². The van der Waals surface area contributed by atoms with Crippen LogP contribution in [0, 0.1) is 11.7 Å². The fraction of sp³-hybridized carbons (Fsp3) is 0.529. The molecule has 3 rings (SSSR count). The Morgan fingerprint density at radius 3 is 2.18 bits per heavy atom. The van der Waals surface area contributed by atoms with E-state index in [9.17, 15) is 14.0 Å². The number of benzene rings is 1. The monoisotopic (exact) mass is 304 g/mol. The van der Waals surface area contributed by atoms with E-state index in [1.807, 2.05) is 4.90 Å². The maximum Gasteiger partial charge on any atom is 0.256 e. The Labute approximate surface area is 129 Å². The van der Waals surface area contributed by atoms with Crippen molar-refractivity contribution in [2.75, 3.05) is 26.2 Å². The third-order valence-electron chi connectivity index (χ3n) is 4.69. The number of carbonyl (C=O) groups excluding carboxylic acids is 2. The first-order chi connectivity index (χ1) is 10.7. The van der Waals surface area contributed by atoms with Gasteiger partial charge in [0.15, 0.2) is 0 Å². The Hall–Kier alpha value is -1.91. The van der Waals surface area contributed by atoms with Crippen LogP contribution in [0.4, 0.5) is 4.39 Å². The van der Waals surface area contributed by atoms with Crippen LogP contribution >= 0.6 is 0 Å². The topological polar surface area (TPSA) is 40.6 Å². The second kappa shape index (κ2) is 6.46. The summed E-state index contributed by atoms with van der Waals surface area (Å²) in [6, 6.07) is 6.04. The molecule has 4 nitrogen and oxygen atoms in total. The quantitative estimate of drug-likeness (QED) is 0.841. The summed E-state index contributed by atoms with van der Waals surface area (Å²) in [7, 11) is 0. The molecular formula is C17H21FN2O2. The standard InChI is InChI=1S/C17H21FN2O2/c18-15-8-4-3-7-14(15)17(22)20-11-9-19(10-12-20)16(21)13-5-1-2-6-13/h3-4,7-8,13H,1-2,5-6,9-12H2. The predicted molar refractivity (Wildman–Crippen MR) is 80.8 cm³/mol. The molecule has 2 aliphatic rings. The van der Waals surface area contributed by atoms with Crippen LogP contribution in [-0.2, 0) is 4.79 Å². The van der Waals surface area contributed by atoms with Crippen molar-refractivity contribution < 1.29 is 14.0 Å². The van der Waals surface area contributed by atoms with Gasteiger partial charge in [0.1, 0.15) is 5.82 Å². The highest BCUT2D eigenvalue weighted by Gasteiger charge is 2.31. The normalized spacial score (nSPS) is 19.5. The summed E-state index contributed by atoms with van der Waals surface area (Å²) in [5.41, 5.74) is 0.109. The molecule has 1 heterocycles. The number of hydrogen-bond donors (Lipinski definition) is 0. The summed E-state index contributed by atoms with van der Waals surface area (Å²) >= 11 is 0. The summed E-state index contributed by atoms with van der Waals surface area (Å²) in [5.74, 6) is -0.368. The molecular weight excluding hydrogens is 283 g/mol. The molecule has 1 saturated heterocycles. The van der Waals surface area contributed by atoms with Gasteiger partial charge in [-0.05, 0) is 25.0 Å². The fourth-order valence-electron chi connectivity index (χ4n) is 3.37. The zero-order valence-electron chi connectivity index (χ0n) is 12.6. The van der Waals surface area contributed by atoms with E-state index < -0.39 is 5.82 Å². The minimum absolute atomic E-state index is 0.109. The van der Waals surface area contributed by atoms with Crippen molar-refractivity contribution in [1.29, 1.82) is 0 Å². The van der Waals surface area contributed by atoms with Crippen LogP contribution in [0.15, 0.2) is 24.3 Å². The number of piperazine rings is 1. The lowest BCUT2D eigenvalue weighted by Crippen LogP contribution is -2.51. The lowest BCUT2D eigenvalue weighted by molar-refractivity contribution is -0.136. The van der Waals surface area contributed by atoms with Crippen LogP contribution in [0.1, 0.15) is 36.0 Å². The number of halogens is 1. The first kappa shape index (κ1) is 15.0. The molecule has 1 saturated carbocycles. The molecule has 0 atom stereocenters. The summed E-state index contributed by atoms with van der Waals surface area (Å²) < 4.78 is 13.7. The predicted octanol–water partition coefficient (Wildman–Crippen LogP) is 2.30. The van der Waals surface area contributed by atoms with Gasteiger partial charge in [0.2, 0.25) is 5.91 Å². The Balaban J connectivity index is 1.58. The van der Waals surface area contributed by atoms with Crippen molar-refractivity contribution in [1.82, 2.24) is 9.80 Å². The molecule has 0 radical (unpaired) electrons. The third kappa shape index (κ3) is 2.98. The van der Waals surface area contributed by atoms with Crippen molar-refractivity contribution in [3.05, 3.63) is 35.6 Å². The van der Waals surface area contributed by atoms with Crippen LogP contribution in [0.25, 0.3) is 0 Å². The maximum atomic E-state index is 13.7. The van der Waals surface area contributed by atoms with E-state index in [4.69, 9.17) is 0 Å². The summed E-state index contributed by atoms with van der Waals surface area (Å²) in [5, 5.41) is 0. The van der Waals surface area contributed by atoms with Crippen molar-refractivity contribution in [3.63, 3.8) is 0 Å². The Morgan fingerprint density at radius 2 is 1.55 bits per heavy atom. The number of carbonyl (C=O) groups is 2. The average Bonchev–Trinajstić information content (AvgIpc) is 3.09. The zero-order valence-corrected chi connectivity index (χ0v) is 12.6. The van der Waals surface area contributed by atoms with Gasteiger partial charge in [0, 0.05) is 32.1 Å². The van der Waals surface area contributed by atoms with Gasteiger partial charge in [-0.3, -0.25) is 9.59 Å². The molecule has 0 bridgehead atoms. The van der Waals surface area contributed by atoms with E-state index in [1.165, 1.54) is 12.1 Å². The van der Waals surface area contributed by atoms with Crippen LogP contribution in [0.5, 0.6) is 0 Å². The molecule has 2 fully saturated rings. The molecule has 0 aromatic heterocycles. The molecule has 1 aliphatic heterocycles. The van der Waals surface area contributed by atoms with Crippen LogP contribution < -0.4 is 0 Å². The SMILES string of the molecule is O=C(c1ccccc1F)N1CCN(C(=O)C2CCCC2)CC1.